The van der Waals surface area contributed by atoms with Gasteiger partial charge in [-0.05, 0) is 49.1 Å². The minimum Gasteiger partial charge on any atom is -0.497 e. The topological polar surface area (TPSA) is 75.7 Å². The van der Waals surface area contributed by atoms with Crippen LogP contribution in [0.2, 0.25) is 0 Å². The number of carbonyl (C=O) groups is 1. The number of hydrogen-bond donors (Lipinski definition) is 1. The smallest absolute Gasteiger partial charge is 0.243 e. The van der Waals surface area contributed by atoms with Gasteiger partial charge in [0, 0.05) is 25.6 Å². The van der Waals surface area contributed by atoms with Gasteiger partial charge in [0.25, 0.3) is 0 Å². The van der Waals surface area contributed by atoms with Crippen molar-refractivity contribution in [1.82, 2.24) is 9.62 Å². The molecule has 2 aromatic carbocycles. The number of rotatable bonds is 8. The van der Waals surface area contributed by atoms with Crippen LogP contribution in [0.4, 0.5) is 0 Å². The minimum atomic E-state index is -3.59. The summed E-state index contributed by atoms with van der Waals surface area (Å²) in [6.07, 6.45) is 3.34. The lowest BCUT2D eigenvalue weighted by Crippen LogP contribution is -2.46. The van der Waals surface area contributed by atoms with Crippen molar-refractivity contribution in [1.29, 1.82) is 0 Å². The SMILES string of the molecule is COc1cccc(CCNC(=O)CC2CCCCN2S(=O)(=O)c2ccccc2)c1. The number of amides is 1. The number of piperidine rings is 1. The van der Waals surface area contributed by atoms with Gasteiger partial charge in [-0.3, -0.25) is 4.79 Å². The molecule has 0 aliphatic carbocycles. The minimum absolute atomic E-state index is 0.118. The maximum atomic E-state index is 13.0. The Morgan fingerprint density at radius 1 is 1.14 bits per heavy atom. The molecule has 2 aromatic rings. The fourth-order valence-electron chi connectivity index (χ4n) is 3.68. The quantitative estimate of drug-likeness (QED) is 0.718. The number of benzene rings is 2. The molecule has 1 N–H and O–H groups in total. The van der Waals surface area contributed by atoms with Crippen molar-refractivity contribution in [2.75, 3.05) is 20.2 Å². The maximum absolute atomic E-state index is 13.0. The Balaban J connectivity index is 1.58. The summed E-state index contributed by atoms with van der Waals surface area (Å²) < 4.78 is 32.8. The second-order valence-corrected chi connectivity index (χ2v) is 9.12. The van der Waals surface area contributed by atoms with E-state index in [1.165, 1.54) is 4.31 Å². The molecule has 7 heteroatoms. The van der Waals surface area contributed by atoms with Gasteiger partial charge in [-0.25, -0.2) is 8.42 Å². The molecule has 156 valence electrons. The maximum Gasteiger partial charge on any atom is 0.243 e. The van der Waals surface area contributed by atoms with Gasteiger partial charge in [-0.15, -0.1) is 0 Å². The Morgan fingerprint density at radius 3 is 2.69 bits per heavy atom. The summed E-state index contributed by atoms with van der Waals surface area (Å²) >= 11 is 0. The predicted octanol–water partition coefficient (Wildman–Crippen LogP) is 2.99. The Hall–Kier alpha value is -2.38. The number of nitrogens with one attached hydrogen (secondary N) is 1. The van der Waals surface area contributed by atoms with Gasteiger partial charge in [0.2, 0.25) is 15.9 Å². The van der Waals surface area contributed by atoms with Crippen LogP contribution in [0.15, 0.2) is 59.5 Å². The van der Waals surface area contributed by atoms with Crippen LogP contribution in [-0.2, 0) is 21.2 Å². The van der Waals surface area contributed by atoms with E-state index in [0.717, 1.165) is 24.2 Å². The van der Waals surface area contributed by atoms with Crippen LogP contribution in [0.3, 0.4) is 0 Å². The lowest BCUT2D eigenvalue weighted by Gasteiger charge is -2.34. The van der Waals surface area contributed by atoms with Crippen LogP contribution in [0, 0.1) is 0 Å². The standard InChI is InChI=1S/C22H28N2O4S/c1-28-20-10-7-8-18(16-20)13-14-23-22(25)17-19-9-5-6-15-24(19)29(26,27)21-11-3-2-4-12-21/h2-4,7-8,10-12,16,19H,5-6,9,13-15,17H2,1H3,(H,23,25). The molecule has 1 fully saturated rings. The normalized spacial score (nSPS) is 17.6. The van der Waals surface area contributed by atoms with Crippen molar-refractivity contribution in [3.05, 3.63) is 60.2 Å². The van der Waals surface area contributed by atoms with Gasteiger partial charge in [0.05, 0.1) is 12.0 Å². The Kier molecular flexibility index (Phi) is 7.28. The third-order valence-corrected chi connectivity index (χ3v) is 7.18. The van der Waals surface area contributed by atoms with Crippen molar-refractivity contribution >= 4 is 15.9 Å². The average molecular weight is 417 g/mol. The third-order valence-electron chi connectivity index (χ3n) is 5.21. The van der Waals surface area contributed by atoms with Crippen molar-refractivity contribution in [3.63, 3.8) is 0 Å². The first-order valence-corrected chi connectivity index (χ1v) is 11.4. The van der Waals surface area contributed by atoms with Gasteiger partial charge >= 0.3 is 0 Å². The Morgan fingerprint density at radius 2 is 1.93 bits per heavy atom. The zero-order valence-corrected chi connectivity index (χ0v) is 17.5. The van der Waals surface area contributed by atoms with E-state index in [4.69, 9.17) is 4.74 Å². The first kappa shape index (κ1) is 21.3. The molecule has 1 unspecified atom stereocenters. The van der Waals surface area contributed by atoms with E-state index < -0.39 is 10.0 Å². The highest BCUT2D eigenvalue weighted by atomic mass is 32.2. The second kappa shape index (κ2) is 9.89. The fraction of sp³-hybridized carbons (Fsp3) is 0.409. The second-order valence-electron chi connectivity index (χ2n) is 7.23. The lowest BCUT2D eigenvalue weighted by molar-refractivity contribution is -0.122. The highest BCUT2D eigenvalue weighted by molar-refractivity contribution is 7.89. The molecule has 3 rings (SSSR count). The summed E-state index contributed by atoms with van der Waals surface area (Å²) in [5.41, 5.74) is 1.08. The summed E-state index contributed by atoms with van der Waals surface area (Å²) in [7, 11) is -1.96. The summed E-state index contributed by atoms with van der Waals surface area (Å²) in [5, 5.41) is 2.93. The summed E-state index contributed by atoms with van der Waals surface area (Å²) in [6.45, 7) is 0.961. The first-order valence-electron chi connectivity index (χ1n) is 9.97. The van der Waals surface area contributed by atoms with Crippen LogP contribution >= 0.6 is 0 Å². The Bertz CT molecular complexity index is 915. The average Bonchev–Trinajstić information content (AvgIpc) is 2.75. The van der Waals surface area contributed by atoms with Gasteiger partial charge in [-0.2, -0.15) is 4.31 Å². The first-order chi connectivity index (χ1) is 14.0. The molecule has 0 bridgehead atoms. The van der Waals surface area contributed by atoms with Crippen LogP contribution in [0.1, 0.15) is 31.2 Å². The highest BCUT2D eigenvalue weighted by Gasteiger charge is 2.34. The van der Waals surface area contributed by atoms with Crippen LogP contribution in [0.5, 0.6) is 5.75 Å². The number of ether oxygens (including phenoxy) is 1. The predicted molar refractivity (Wildman–Crippen MR) is 112 cm³/mol. The van der Waals surface area contributed by atoms with E-state index in [1.807, 2.05) is 24.3 Å². The number of sulfonamides is 1. The van der Waals surface area contributed by atoms with Crippen molar-refractivity contribution in [3.8, 4) is 5.75 Å². The third kappa shape index (κ3) is 5.58. The molecule has 0 spiro atoms. The monoisotopic (exact) mass is 416 g/mol. The molecule has 0 aromatic heterocycles. The van der Waals surface area contributed by atoms with Gasteiger partial charge < -0.3 is 10.1 Å². The van der Waals surface area contributed by atoms with E-state index in [2.05, 4.69) is 5.32 Å². The molecule has 0 radical (unpaired) electrons. The highest BCUT2D eigenvalue weighted by Crippen LogP contribution is 2.27. The number of methoxy groups -OCH3 is 1. The van der Waals surface area contributed by atoms with E-state index in [-0.39, 0.29) is 23.3 Å². The molecule has 1 heterocycles. The molecule has 1 atom stereocenters. The van der Waals surface area contributed by atoms with E-state index in [0.29, 0.717) is 25.9 Å². The van der Waals surface area contributed by atoms with Crippen molar-refractivity contribution in [2.24, 2.45) is 0 Å². The summed E-state index contributed by atoms with van der Waals surface area (Å²) in [6, 6.07) is 15.9. The zero-order valence-electron chi connectivity index (χ0n) is 16.7. The molecule has 1 amide bonds. The van der Waals surface area contributed by atoms with Gasteiger partial charge in [-0.1, -0.05) is 36.8 Å². The number of hydrogen-bond acceptors (Lipinski definition) is 4. The van der Waals surface area contributed by atoms with Crippen molar-refractivity contribution < 1.29 is 17.9 Å². The van der Waals surface area contributed by atoms with Crippen LogP contribution in [-0.4, -0.2) is 44.9 Å². The number of carbonyl (C=O) groups excluding carboxylic acids is 1. The molecule has 6 nitrogen and oxygen atoms in total. The van der Waals surface area contributed by atoms with E-state index in [9.17, 15) is 13.2 Å². The van der Waals surface area contributed by atoms with Gasteiger partial charge in [0.1, 0.15) is 5.75 Å². The Labute approximate surface area is 172 Å². The molecule has 1 aliphatic rings. The molecule has 1 aliphatic heterocycles. The lowest BCUT2D eigenvalue weighted by atomic mass is 10.0. The van der Waals surface area contributed by atoms with E-state index in [1.54, 1.807) is 37.4 Å². The summed E-state index contributed by atoms with van der Waals surface area (Å²) in [5.74, 6) is 0.672. The molecule has 29 heavy (non-hydrogen) atoms. The fourth-order valence-corrected chi connectivity index (χ4v) is 5.40. The molecule has 0 saturated carbocycles. The summed E-state index contributed by atoms with van der Waals surface area (Å²) in [4.78, 5) is 12.8. The molecular formula is C22H28N2O4S. The molecule has 1 saturated heterocycles. The van der Waals surface area contributed by atoms with Crippen LogP contribution < -0.4 is 10.1 Å². The zero-order chi connectivity index (χ0) is 20.7. The largest absolute Gasteiger partial charge is 0.497 e. The van der Waals surface area contributed by atoms with Crippen molar-refractivity contribution in [2.45, 2.75) is 43.0 Å². The van der Waals surface area contributed by atoms with Crippen LogP contribution in [0.25, 0.3) is 0 Å². The van der Waals surface area contributed by atoms with E-state index >= 15 is 0 Å². The van der Waals surface area contributed by atoms with Gasteiger partial charge in [0.15, 0.2) is 0 Å². The number of nitrogens with zero attached hydrogens (tertiary/aromatic N) is 1. The molecular weight excluding hydrogens is 388 g/mol.